The Labute approximate surface area is 141 Å². The van der Waals surface area contributed by atoms with Crippen LogP contribution in [-0.4, -0.2) is 0 Å². The fourth-order valence-electron chi connectivity index (χ4n) is 2.43. The molecule has 0 aliphatic heterocycles. The summed E-state index contributed by atoms with van der Waals surface area (Å²) in [6.45, 7) is 1.76. The highest BCUT2D eigenvalue weighted by atomic mass is 19.1. The Kier molecular flexibility index (Phi) is 5.59. The predicted octanol–water partition coefficient (Wildman–Crippen LogP) is 4.69. The molecule has 0 aliphatic carbocycles. The quantitative estimate of drug-likeness (QED) is 0.681. The minimum absolute atomic E-state index is 0.172. The standard InChI is InChI=1S/C21H20FNO/c22-21-9-5-4-8-19(21)15-23-14-17-10-12-20(13-11-17)24-16-18-6-2-1-3-7-18/h1-13,23H,14-16H2. The molecular weight excluding hydrogens is 301 g/mol. The Hall–Kier alpha value is -2.65. The normalized spacial score (nSPS) is 10.5. The van der Waals surface area contributed by atoms with E-state index in [0.717, 1.165) is 16.9 Å². The molecule has 0 heterocycles. The van der Waals surface area contributed by atoms with Gasteiger partial charge in [0.15, 0.2) is 0 Å². The van der Waals surface area contributed by atoms with Crippen LogP contribution in [0.1, 0.15) is 16.7 Å². The first kappa shape index (κ1) is 16.2. The van der Waals surface area contributed by atoms with Crippen LogP contribution in [0, 0.1) is 5.82 Å². The number of halogens is 1. The van der Waals surface area contributed by atoms with Gasteiger partial charge in [-0.2, -0.15) is 0 Å². The molecule has 3 aromatic carbocycles. The fraction of sp³-hybridized carbons (Fsp3) is 0.143. The average Bonchev–Trinajstić information content (AvgIpc) is 2.63. The van der Waals surface area contributed by atoms with Crippen molar-refractivity contribution in [3.63, 3.8) is 0 Å². The summed E-state index contributed by atoms with van der Waals surface area (Å²) in [5.74, 6) is 0.673. The van der Waals surface area contributed by atoms with E-state index in [0.29, 0.717) is 25.3 Å². The van der Waals surface area contributed by atoms with Gasteiger partial charge in [0.1, 0.15) is 18.2 Å². The lowest BCUT2D eigenvalue weighted by atomic mass is 10.2. The van der Waals surface area contributed by atoms with Gasteiger partial charge in [0.2, 0.25) is 0 Å². The van der Waals surface area contributed by atoms with Crippen molar-refractivity contribution >= 4 is 0 Å². The SMILES string of the molecule is Fc1ccccc1CNCc1ccc(OCc2ccccc2)cc1. The molecule has 24 heavy (non-hydrogen) atoms. The Morgan fingerprint density at radius 3 is 2.17 bits per heavy atom. The van der Waals surface area contributed by atoms with E-state index in [-0.39, 0.29) is 5.82 Å². The lowest BCUT2D eigenvalue weighted by Crippen LogP contribution is -2.13. The van der Waals surface area contributed by atoms with E-state index in [2.05, 4.69) is 5.32 Å². The first-order valence-electron chi connectivity index (χ1n) is 8.01. The second-order valence-corrected chi connectivity index (χ2v) is 5.61. The molecule has 3 heteroatoms. The summed E-state index contributed by atoms with van der Waals surface area (Å²) in [6.07, 6.45) is 0. The first-order chi connectivity index (χ1) is 11.8. The molecule has 122 valence electrons. The lowest BCUT2D eigenvalue weighted by molar-refractivity contribution is 0.306. The molecule has 2 nitrogen and oxygen atoms in total. The Morgan fingerprint density at radius 2 is 1.42 bits per heavy atom. The van der Waals surface area contributed by atoms with Crippen molar-refractivity contribution in [1.29, 1.82) is 0 Å². The summed E-state index contributed by atoms with van der Waals surface area (Å²) in [5, 5.41) is 3.26. The molecule has 3 aromatic rings. The number of ether oxygens (including phenoxy) is 1. The number of hydrogen-bond acceptors (Lipinski definition) is 2. The van der Waals surface area contributed by atoms with Crippen LogP contribution in [0.2, 0.25) is 0 Å². The van der Waals surface area contributed by atoms with Crippen molar-refractivity contribution in [2.75, 3.05) is 0 Å². The van der Waals surface area contributed by atoms with Crippen molar-refractivity contribution in [2.45, 2.75) is 19.7 Å². The predicted molar refractivity (Wildman–Crippen MR) is 94.2 cm³/mol. The zero-order chi connectivity index (χ0) is 16.6. The van der Waals surface area contributed by atoms with Gasteiger partial charge in [-0.3, -0.25) is 0 Å². The van der Waals surface area contributed by atoms with Gasteiger partial charge in [-0.25, -0.2) is 4.39 Å². The zero-order valence-electron chi connectivity index (χ0n) is 13.4. The topological polar surface area (TPSA) is 21.3 Å². The van der Waals surface area contributed by atoms with E-state index in [1.807, 2.05) is 60.7 Å². The highest BCUT2D eigenvalue weighted by Crippen LogP contribution is 2.14. The monoisotopic (exact) mass is 321 g/mol. The third-order valence-electron chi connectivity index (χ3n) is 3.77. The van der Waals surface area contributed by atoms with Gasteiger partial charge in [0.05, 0.1) is 0 Å². The van der Waals surface area contributed by atoms with Crippen molar-refractivity contribution < 1.29 is 9.13 Å². The van der Waals surface area contributed by atoms with Crippen molar-refractivity contribution in [2.24, 2.45) is 0 Å². The summed E-state index contributed by atoms with van der Waals surface area (Å²) in [7, 11) is 0. The van der Waals surface area contributed by atoms with Crippen LogP contribution in [0.5, 0.6) is 5.75 Å². The van der Waals surface area contributed by atoms with Gasteiger partial charge in [-0.05, 0) is 29.3 Å². The van der Waals surface area contributed by atoms with Crippen LogP contribution in [0.25, 0.3) is 0 Å². The van der Waals surface area contributed by atoms with E-state index >= 15 is 0 Å². The Morgan fingerprint density at radius 1 is 0.708 bits per heavy atom. The molecule has 3 rings (SSSR count). The molecule has 0 unspecified atom stereocenters. The minimum Gasteiger partial charge on any atom is -0.489 e. The fourth-order valence-corrected chi connectivity index (χ4v) is 2.43. The van der Waals surface area contributed by atoms with Gasteiger partial charge < -0.3 is 10.1 Å². The van der Waals surface area contributed by atoms with Gasteiger partial charge in [-0.15, -0.1) is 0 Å². The van der Waals surface area contributed by atoms with Gasteiger partial charge in [0.25, 0.3) is 0 Å². The molecule has 0 aromatic heterocycles. The summed E-state index contributed by atoms with van der Waals surface area (Å²) >= 11 is 0. The number of rotatable bonds is 7. The van der Waals surface area contributed by atoms with Crippen LogP contribution >= 0.6 is 0 Å². The van der Waals surface area contributed by atoms with Crippen LogP contribution in [0.15, 0.2) is 78.9 Å². The van der Waals surface area contributed by atoms with Crippen LogP contribution in [-0.2, 0) is 19.7 Å². The van der Waals surface area contributed by atoms with Crippen molar-refractivity contribution in [3.8, 4) is 5.75 Å². The Balaban J connectivity index is 1.47. The second kappa shape index (κ2) is 8.27. The molecule has 0 bridgehead atoms. The molecule has 0 radical (unpaired) electrons. The average molecular weight is 321 g/mol. The van der Waals surface area contributed by atoms with Crippen LogP contribution < -0.4 is 10.1 Å². The van der Waals surface area contributed by atoms with Crippen molar-refractivity contribution in [1.82, 2.24) is 5.32 Å². The third kappa shape index (κ3) is 4.67. The molecule has 0 saturated carbocycles. The lowest BCUT2D eigenvalue weighted by Gasteiger charge is -2.09. The smallest absolute Gasteiger partial charge is 0.127 e. The van der Waals surface area contributed by atoms with E-state index in [9.17, 15) is 4.39 Å². The minimum atomic E-state index is -0.172. The van der Waals surface area contributed by atoms with E-state index < -0.39 is 0 Å². The van der Waals surface area contributed by atoms with Crippen LogP contribution in [0.3, 0.4) is 0 Å². The number of hydrogen-bond donors (Lipinski definition) is 1. The molecule has 1 N–H and O–H groups in total. The van der Waals surface area contributed by atoms with Gasteiger partial charge >= 0.3 is 0 Å². The third-order valence-corrected chi connectivity index (χ3v) is 3.77. The molecule has 0 amide bonds. The summed E-state index contributed by atoms with van der Waals surface area (Å²) in [4.78, 5) is 0. The Bertz CT molecular complexity index is 756. The summed E-state index contributed by atoms with van der Waals surface area (Å²) in [5.41, 5.74) is 2.96. The number of benzene rings is 3. The maximum atomic E-state index is 13.5. The molecular formula is C21H20FNO. The number of nitrogens with one attached hydrogen (secondary N) is 1. The molecule has 0 aliphatic rings. The molecule has 0 fully saturated rings. The highest BCUT2D eigenvalue weighted by molar-refractivity contribution is 5.28. The molecule has 0 spiro atoms. The highest BCUT2D eigenvalue weighted by Gasteiger charge is 2.01. The second-order valence-electron chi connectivity index (χ2n) is 5.61. The summed E-state index contributed by atoms with van der Waals surface area (Å²) < 4.78 is 19.3. The van der Waals surface area contributed by atoms with E-state index in [4.69, 9.17) is 4.74 Å². The van der Waals surface area contributed by atoms with E-state index in [1.54, 1.807) is 12.1 Å². The summed E-state index contributed by atoms with van der Waals surface area (Å²) in [6, 6.07) is 24.9. The maximum Gasteiger partial charge on any atom is 0.127 e. The maximum absolute atomic E-state index is 13.5. The largest absolute Gasteiger partial charge is 0.489 e. The van der Waals surface area contributed by atoms with Crippen molar-refractivity contribution in [3.05, 3.63) is 101 Å². The van der Waals surface area contributed by atoms with Crippen LogP contribution in [0.4, 0.5) is 4.39 Å². The first-order valence-corrected chi connectivity index (χ1v) is 8.01. The van der Waals surface area contributed by atoms with Gasteiger partial charge in [0, 0.05) is 18.7 Å². The van der Waals surface area contributed by atoms with E-state index in [1.165, 1.54) is 6.07 Å². The molecule has 0 saturated heterocycles. The zero-order valence-corrected chi connectivity index (χ0v) is 13.4. The van der Waals surface area contributed by atoms with Gasteiger partial charge in [-0.1, -0.05) is 60.7 Å². The molecule has 0 atom stereocenters.